The zero-order chi connectivity index (χ0) is 22.2. The van der Waals surface area contributed by atoms with Crippen LogP contribution in [0, 0.1) is 0 Å². The molecular weight excluding hydrogens is 417 g/mol. The number of rotatable bonds is 4. The molecule has 0 spiro atoms. The zero-order valence-corrected chi connectivity index (χ0v) is 16.3. The van der Waals surface area contributed by atoms with E-state index >= 15 is 0 Å². The van der Waals surface area contributed by atoms with Crippen LogP contribution >= 0.6 is 0 Å². The van der Waals surface area contributed by atoms with Crippen molar-refractivity contribution < 1.29 is 22.0 Å². The lowest BCUT2D eigenvalue weighted by Crippen LogP contribution is -2.41. The number of aromatic nitrogens is 1. The minimum atomic E-state index is -5.65. The van der Waals surface area contributed by atoms with Crippen LogP contribution in [0.5, 0.6) is 0 Å². The number of aromatic amines is 1. The van der Waals surface area contributed by atoms with Gasteiger partial charge in [0.15, 0.2) is 0 Å². The maximum atomic E-state index is 13.6. The summed E-state index contributed by atoms with van der Waals surface area (Å²) in [7, 11) is 0. The number of hydrogen-bond donors (Lipinski definition) is 2. The monoisotopic (exact) mass is 437 g/mol. The highest BCUT2D eigenvalue weighted by molar-refractivity contribution is 5.81. The molecule has 0 amide bonds. The molecule has 9 heteroatoms. The molecule has 4 rings (SSSR count). The quantitative estimate of drug-likeness (QED) is 0.548. The van der Waals surface area contributed by atoms with E-state index in [4.69, 9.17) is 0 Å². The topological polar surface area (TPSA) is 48.1 Å². The standard InChI is InChI=1S/C22H20F5N3O/c23-21(24,22(25,26)27)15-5-3-6-17(13-15)28-16-8-10-30(11-9-16)19-12-14-4-1-2-7-18(14)29-20(19)31/h1-7,12-13,16,28H,8-11H2,(H,29,31). The average molecular weight is 437 g/mol. The lowest BCUT2D eigenvalue weighted by Gasteiger charge is -2.34. The lowest BCUT2D eigenvalue weighted by molar-refractivity contribution is -0.289. The number of benzene rings is 2. The van der Waals surface area contributed by atoms with E-state index in [2.05, 4.69) is 10.3 Å². The van der Waals surface area contributed by atoms with E-state index in [1.165, 1.54) is 12.1 Å². The number of pyridine rings is 1. The number of fused-ring (bicyclic) bond motifs is 1. The molecule has 1 saturated heterocycles. The fourth-order valence-corrected chi connectivity index (χ4v) is 3.84. The Labute approximate surface area is 174 Å². The highest BCUT2D eigenvalue weighted by atomic mass is 19.4. The van der Waals surface area contributed by atoms with Crippen molar-refractivity contribution in [2.45, 2.75) is 31.0 Å². The molecule has 1 aromatic heterocycles. The van der Waals surface area contributed by atoms with Crippen molar-refractivity contribution in [3.63, 3.8) is 0 Å². The van der Waals surface area contributed by atoms with Crippen molar-refractivity contribution in [1.82, 2.24) is 4.98 Å². The van der Waals surface area contributed by atoms with E-state index < -0.39 is 17.7 Å². The van der Waals surface area contributed by atoms with Gasteiger partial charge in [-0.1, -0.05) is 30.3 Å². The fourth-order valence-electron chi connectivity index (χ4n) is 3.84. The number of H-pyrrole nitrogens is 1. The van der Waals surface area contributed by atoms with Crippen LogP contribution < -0.4 is 15.8 Å². The van der Waals surface area contributed by atoms with Gasteiger partial charge >= 0.3 is 12.1 Å². The first-order valence-corrected chi connectivity index (χ1v) is 9.84. The fraction of sp³-hybridized carbons (Fsp3) is 0.318. The van der Waals surface area contributed by atoms with Crippen LogP contribution in [-0.2, 0) is 5.92 Å². The first kappa shape index (κ1) is 21.1. The third-order valence-electron chi connectivity index (χ3n) is 5.52. The molecule has 2 heterocycles. The number of piperidine rings is 1. The summed E-state index contributed by atoms with van der Waals surface area (Å²) in [5.41, 5.74) is 0.244. The van der Waals surface area contributed by atoms with Crippen LogP contribution in [0.4, 0.5) is 33.3 Å². The van der Waals surface area contributed by atoms with Crippen molar-refractivity contribution >= 4 is 22.3 Å². The Hall–Kier alpha value is -3.10. The summed E-state index contributed by atoms with van der Waals surface area (Å²) >= 11 is 0. The summed E-state index contributed by atoms with van der Waals surface area (Å²) < 4.78 is 65.2. The van der Waals surface area contributed by atoms with E-state index in [0.29, 0.717) is 31.6 Å². The van der Waals surface area contributed by atoms with Gasteiger partial charge in [-0.05, 0) is 37.1 Å². The van der Waals surface area contributed by atoms with Crippen LogP contribution in [0.15, 0.2) is 59.4 Å². The van der Waals surface area contributed by atoms with Crippen LogP contribution in [-0.4, -0.2) is 30.3 Å². The second kappa shape index (κ2) is 7.86. The largest absolute Gasteiger partial charge is 0.458 e. The molecule has 0 aliphatic carbocycles. The van der Waals surface area contributed by atoms with E-state index in [1.54, 1.807) is 0 Å². The molecule has 1 aliphatic heterocycles. The van der Waals surface area contributed by atoms with Crippen LogP contribution in [0.1, 0.15) is 18.4 Å². The highest BCUT2D eigenvalue weighted by Crippen LogP contribution is 2.44. The van der Waals surface area contributed by atoms with Gasteiger partial charge in [-0.25, -0.2) is 0 Å². The van der Waals surface area contributed by atoms with Crippen molar-refractivity contribution in [3.8, 4) is 0 Å². The predicted molar refractivity (Wildman–Crippen MR) is 110 cm³/mol. The maximum Gasteiger partial charge on any atom is 0.458 e. The van der Waals surface area contributed by atoms with E-state index in [1.807, 2.05) is 35.2 Å². The van der Waals surface area contributed by atoms with Gasteiger partial charge in [0.25, 0.3) is 5.56 Å². The first-order valence-electron chi connectivity index (χ1n) is 9.84. The molecule has 0 saturated carbocycles. The number of anilines is 2. The minimum absolute atomic E-state index is 0.106. The van der Waals surface area contributed by atoms with Crippen LogP contribution in [0.3, 0.4) is 0 Å². The first-order chi connectivity index (χ1) is 14.6. The van der Waals surface area contributed by atoms with Gasteiger partial charge in [0.2, 0.25) is 0 Å². The number of halogens is 5. The van der Waals surface area contributed by atoms with Gasteiger partial charge in [-0.15, -0.1) is 0 Å². The number of alkyl halides is 5. The summed E-state index contributed by atoms with van der Waals surface area (Å²) in [5.74, 6) is -4.91. The predicted octanol–water partition coefficient (Wildman–Crippen LogP) is 5.26. The highest BCUT2D eigenvalue weighted by Gasteiger charge is 2.58. The number of hydrogen-bond acceptors (Lipinski definition) is 3. The van der Waals surface area contributed by atoms with Gasteiger partial charge in [0.1, 0.15) is 5.69 Å². The van der Waals surface area contributed by atoms with E-state index in [0.717, 1.165) is 23.0 Å². The van der Waals surface area contributed by atoms with Gasteiger partial charge < -0.3 is 15.2 Å². The summed E-state index contributed by atoms with van der Waals surface area (Å²) in [5, 5.41) is 3.96. The third kappa shape index (κ3) is 4.22. The Bertz CT molecular complexity index is 1130. The Balaban J connectivity index is 1.44. The van der Waals surface area contributed by atoms with Crippen molar-refractivity contribution in [2.24, 2.45) is 0 Å². The Morgan fingerprint density at radius 3 is 2.35 bits per heavy atom. The lowest BCUT2D eigenvalue weighted by atomic mass is 10.0. The smallest absolute Gasteiger partial charge is 0.382 e. The van der Waals surface area contributed by atoms with E-state index in [-0.39, 0.29) is 17.3 Å². The normalized spacial score (nSPS) is 16.0. The van der Waals surface area contributed by atoms with E-state index in [9.17, 15) is 26.7 Å². The molecule has 31 heavy (non-hydrogen) atoms. The molecule has 0 atom stereocenters. The molecule has 0 radical (unpaired) electrons. The average Bonchev–Trinajstić information content (AvgIpc) is 2.73. The number of nitrogens with one attached hydrogen (secondary N) is 2. The molecule has 0 bridgehead atoms. The number of para-hydroxylation sites is 1. The summed E-state index contributed by atoms with van der Waals surface area (Å²) in [6.07, 6.45) is -4.44. The molecule has 2 N–H and O–H groups in total. The van der Waals surface area contributed by atoms with Crippen molar-refractivity contribution in [2.75, 3.05) is 23.3 Å². The molecule has 164 valence electrons. The van der Waals surface area contributed by atoms with Crippen LogP contribution in [0.2, 0.25) is 0 Å². The Morgan fingerprint density at radius 1 is 0.935 bits per heavy atom. The number of nitrogens with zero attached hydrogens (tertiary/aromatic N) is 1. The third-order valence-corrected chi connectivity index (χ3v) is 5.52. The SMILES string of the molecule is O=c1[nH]c2ccccc2cc1N1CCC(Nc2cccc(C(F)(F)C(F)(F)F)c2)CC1. The molecular formula is C22H20F5N3O. The van der Waals surface area contributed by atoms with Crippen molar-refractivity contribution in [1.29, 1.82) is 0 Å². The molecule has 1 aliphatic rings. The Morgan fingerprint density at radius 2 is 1.65 bits per heavy atom. The maximum absolute atomic E-state index is 13.6. The molecule has 4 nitrogen and oxygen atoms in total. The summed E-state index contributed by atoms with van der Waals surface area (Å²) in [6.45, 7) is 1.11. The molecule has 1 fully saturated rings. The molecule has 3 aromatic rings. The van der Waals surface area contributed by atoms with Gasteiger partial charge in [-0.2, -0.15) is 22.0 Å². The van der Waals surface area contributed by atoms with Gasteiger partial charge in [-0.3, -0.25) is 4.79 Å². The Kier molecular flexibility index (Phi) is 5.36. The molecule has 2 aromatic carbocycles. The van der Waals surface area contributed by atoms with Gasteiger partial charge in [0, 0.05) is 41.3 Å². The zero-order valence-electron chi connectivity index (χ0n) is 16.3. The summed E-state index contributed by atoms with van der Waals surface area (Å²) in [6, 6.07) is 13.5. The summed E-state index contributed by atoms with van der Waals surface area (Å²) in [4.78, 5) is 17.3. The van der Waals surface area contributed by atoms with Crippen LogP contribution in [0.25, 0.3) is 10.9 Å². The van der Waals surface area contributed by atoms with Gasteiger partial charge in [0.05, 0.1) is 0 Å². The second-order valence-corrected chi connectivity index (χ2v) is 7.63. The molecule has 0 unspecified atom stereocenters. The van der Waals surface area contributed by atoms with Crippen molar-refractivity contribution in [3.05, 3.63) is 70.5 Å². The minimum Gasteiger partial charge on any atom is -0.382 e. The second-order valence-electron chi connectivity index (χ2n) is 7.63.